The highest BCUT2D eigenvalue weighted by Crippen LogP contribution is 2.40. The van der Waals surface area contributed by atoms with Crippen LogP contribution >= 0.6 is 0 Å². The van der Waals surface area contributed by atoms with E-state index in [0.29, 0.717) is 0 Å². The van der Waals surface area contributed by atoms with Crippen LogP contribution in [0.25, 0.3) is 0 Å². The quantitative estimate of drug-likeness (QED) is 0.777. The van der Waals surface area contributed by atoms with E-state index in [4.69, 9.17) is 14.0 Å². The molecule has 0 bridgehead atoms. The standard InChI is InChI=1S/C17H27BO3/c1-12(2)19-15-10-8-9-14(11-15)13(3)18-20-16(4,5)17(6,7)21-18/h8-13H,1-7H3/t13-/m1/s1. The van der Waals surface area contributed by atoms with E-state index < -0.39 is 0 Å². The summed E-state index contributed by atoms with van der Waals surface area (Å²) >= 11 is 0. The SMILES string of the molecule is CC(C)Oc1cccc([C@@H](C)B2OC(C)(C)C(C)(C)O2)c1. The van der Waals surface area contributed by atoms with Crippen LogP contribution in [0.2, 0.25) is 0 Å². The van der Waals surface area contributed by atoms with Crippen LogP contribution in [0, 0.1) is 0 Å². The maximum atomic E-state index is 6.14. The molecular formula is C17H27BO3. The molecule has 0 saturated carbocycles. The molecule has 1 heterocycles. The molecule has 4 heteroatoms. The Bertz CT molecular complexity index is 481. The molecule has 1 aromatic carbocycles. The third-order valence-corrected chi connectivity index (χ3v) is 4.44. The molecule has 0 radical (unpaired) electrons. The van der Waals surface area contributed by atoms with Crippen molar-refractivity contribution in [3.63, 3.8) is 0 Å². The topological polar surface area (TPSA) is 27.7 Å². The van der Waals surface area contributed by atoms with Crippen molar-refractivity contribution in [1.82, 2.24) is 0 Å². The van der Waals surface area contributed by atoms with E-state index in [1.807, 2.05) is 26.0 Å². The zero-order valence-electron chi connectivity index (χ0n) is 14.3. The average Bonchev–Trinajstić information content (AvgIpc) is 2.57. The Morgan fingerprint density at radius 3 is 2.10 bits per heavy atom. The first-order chi connectivity index (χ1) is 9.62. The van der Waals surface area contributed by atoms with Gasteiger partial charge in [-0.1, -0.05) is 19.1 Å². The zero-order chi connectivity index (χ0) is 15.8. The van der Waals surface area contributed by atoms with Gasteiger partial charge in [0.05, 0.1) is 17.3 Å². The molecule has 21 heavy (non-hydrogen) atoms. The average molecular weight is 290 g/mol. The molecule has 1 aromatic rings. The minimum Gasteiger partial charge on any atom is -0.491 e. The molecule has 1 saturated heterocycles. The Labute approximate surface area is 129 Å². The van der Waals surface area contributed by atoms with Gasteiger partial charge in [-0.3, -0.25) is 0 Å². The molecule has 1 aliphatic rings. The predicted octanol–water partition coefficient (Wildman–Crippen LogP) is 4.21. The van der Waals surface area contributed by atoms with Gasteiger partial charge in [-0.15, -0.1) is 0 Å². The fraction of sp³-hybridized carbons (Fsp3) is 0.647. The Kier molecular flexibility index (Phi) is 4.41. The van der Waals surface area contributed by atoms with E-state index in [-0.39, 0.29) is 30.2 Å². The fourth-order valence-corrected chi connectivity index (χ4v) is 2.39. The van der Waals surface area contributed by atoms with E-state index in [1.54, 1.807) is 0 Å². The lowest BCUT2D eigenvalue weighted by Gasteiger charge is -2.32. The molecule has 1 aliphatic heterocycles. The molecule has 0 unspecified atom stereocenters. The third kappa shape index (κ3) is 3.43. The van der Waals surface area contributed by atoms with Crippen LogP contribution in [0.3, 0.4) is 0 Å². The molecular weight excluding hydrogens is 263 g/mol. The smallest absolute Gasteiger partial charge is 0.465 e. The van der Waals surface area contributed by atoms with Crippen molar-refractivity contribution >= 4 is 7.12 Å². The second-order valence-electron chi connectivity index (χ2n) is 7.15. The van der Waals surface area contributed by atoms with Crippen molar-refractivity contribution in [2.24, 2.45) is 0 Å². The maximum absolute atomic E-state index is 6.14. The van der Waals surface area contributed by atoms with Gasteiger partial charge in [-0.25, -0.2) is 0 Å². The highest BCUT2D eigenvalue weighted by molar-refractivity contribution is 6.47. The Morgan fingerprint density at radius 1 is 1.00 bits per heavy atom. The summed E-state index contributed by atoms with van der Waals surface area (Å²) < 4.78 is 18.0. The summed E-state index contributed by atoms with van der Waals surface area (Å²) in [5, 5.41) is 0. The van der Waals surface area contributed by atoms with Crippen molar-refractivity contribution in [2.75, 3.05) is 0 Å². The summed E-state index contributed by atoms with van der Waals surface area (Å²) in [5.74, 6) is 1.05. The number of hydrogen-bond acceptors (Lipinski definition) is 3. The lowest BCUT2D eigenvalue weighted by Crippen LogP contribution is -2.41. The van der Waals surface area contributed by atoms with Gasteiger partial charge in [0.1, 0.15) is 5.75 Å². The minimum absolute atomic E-state index is 0.154. The summed E-state index contributed by atoms with van der Waals surface area (Å²) in [6.07, 6.45) is 0.174. The van der Waals surface area contributed by atoms with E-state index in [9.17, 15) is 0 Å². The Morgan fingerprint density at radius 2 is 1.57 bits per heavy atom. The minimum atomic E-state index is -0.294. The first kappa shape index (κ1) is 16.4. The molecule has 0 aromatic heterocycles. The molecule has 3 nitrogen and oxygen atoms in total. The number of hydrogen-bond donors (Lipinski definition) is 0. The second kappa shape index (κ2) is 5.66. The van der Waals surface area contributed by atoms with Crippen molar-refractivity contribution < 1.29 is 14.0 Å². The summed E-state index contributed by atoms with van der Waals surface area (Å²) in [6.45, 7) is 14.5. The van der Waals surface area contributed by atoms with Gasteiger partial charge in [0.2, 0.25) is 0 Å². The van der Waals surface area contributed by atoms with Crippen LogP contribution in [0.5, 0.6) is 5.75 Å². The third-order valence-electron chi connectivity index (χ3n) is 4.44. The van der Waals surface area contributed by atoms with Gasteiger partial charge < -0.3 is 14.0 Å². The molecule has 0 N–H and O–H groups in total. The zero-order valence-corrected chi connectivity index (χ0v) is 14.3. The summed E-state index contributed by atoms with van der Waals surface area (Å²) in [4.78, 5) is 0. The largest absolute Gasteiger partial charge is 0.491 e. The van der Waals surface area contributed by atoms with Gasteiger partial charge in [-0.2, -0.15) is 0 Å². The molecule has 116 valence electrons. The molecule has 0 amide bonds. The first-order valence-corrected chi connectivity index (χ1v) is 7.74. The van der Waals surface area contributed by atoms with Gasteiger partial charge >= 0.3 is 7.12 Å². The van der Waals surface area contributed by atoms with Gasteiger partial charge in [-0.05, 0) is 59.2 Å². The highest BCUT2D eigenvalue weighted by atomic mass is 16.7. The monoisotopic (exact) mass is 290 g/mol. The van der Waals surface area contributed by atoms with Crippen molar-refractivity contribution in [2.45, 2.75) is 71.6 Å². The Hall–Kier alpha value is -0.995. The number of ether oxygens (including phenoxy) is 1. The summed E-state index contributed by atoms with van der Waals surface area (Å²) in [6, 6.07) is 8.19. The van der Waals surface area contributed by atoms with Crippen molar-refractivity contribution in [3.05, 3.63) is 29.8 Å². The molecule has 0 aliphatic carbocycles. The van der Waals surface area contributed by atoms with Crippen LogP contribution in [-0.4, -0.2) is 24.4 Å². The van der Waals surface area contributed by atoms with Crippen LogP contribution in [-0.2, 0) is 9.31 Å². The summed E-state index contributed by atoms with van der Waals surface area (Å²) in [7, 11) is -0.232. The number of rotatable bonds is 4. The van der Waals surface area contributed by atoms with E-state index >= 15 is 0 Å². The van der Waals surface area contributed by atoms with E-state index in [1.165, 1.54) is 5.56 Å². The molecule has 0 spiro atoms. The normalized spacial score (nSPS) is 21.6. The van der Waals surface area contributed by atoms with Gasteiger partial charge in [0.15, 0.2) is 0 Å². The molecule has 1 fully saturated rings. The van der Waals surface area contributed by atoms with Crippen LogP contribution in [0.15, 0.2) is 24.3 Å². The molecule has 1 atom stereocenters. The predicted molar refractivity (Wildman–Crippen MR) is 86.7 cm³/mol. The van der Waals surface area contributed by atoms with Crippen LogP contribution < -0.4 is 4.74 Å². The first-order valence-electron chi connectivity index (χ1n) is 7.74. The lowest BCUT2D eigenvalue weighted by atomic mass is 9.69. The second-order valence-corrected chi connectivity index (χ2v) is 7.15. The van der Waals surface area contributed by atoms with Crippen LogP contribution in [0.4, 0.5) is 0 Å². The van der Waals surface area contributed by atoms with E-state index in [2.05, 4.69) is 46.8 Å². The Balaban J connectivity index is 2.16. The lowest BCUT2D eigenvalue weighted by molar-refractivity contribution is 0.00578. The summed E-state index contributed by atoms with van der Waals surface area (Å²) in [5.41, 5.74) is 0.585. The number of benzene rings is 1. The van der Waals surface area contributed by atoms with Crippen molar-refractivity contribution in [3.8, 4) is 5.75 Å². The maximum Gasteiger partial charge on any atom is 0.465 e. The van der Waals surface area contributed by atoms with E-state index in [0.717, 1.165) is 5.75 Å². The fourth-order valence-electron chi connectivity index (χ4n) is 2.39. The van der Waals surface area contributed by atoms with Gasteiger partial charge in [0, 0.05) is 5.82 Å². The van der Waals surface area contributed by atoms with Crippen LogP contribution in [0.1, 0.15) is 59.8 Å². The molecule has 2 rings (SSSR count). The van der Waals surface area contributed by atoms with Crippen molar-refractivity contribution in [1.29, 1.82) is 0 Å². The van der Waals surface area contributed by atoms with Gasteiger partial charge in [0.25, 0.3) is 0 Å². The highest BCUT2D eigenvalue weighted by Gasteiger charge is 2.53.